The highest BCUT2D eigenvalue weighted by Crippen LogP contribution is 2.49. The Morgan fingerprint density at radius 3 is 1.80 bits per heavy atom. The molecule has 1 saturated heterocycles. The van der Waals surface area contributed by atoms with Crippen molar-refractivity contribution in [2.24, 2.45) is 0 Å². The molecule has 0 unspecified atom stereocenters. The third kappa shape index (κ3) is 5.48. The minimum Gasteiger partial charge on any atom is -0.368 e. The van der Waals surface area contributed by atoms with E-state index in [4.69, 9.17) is 4.74 Å². The van der Waals surface area contributed by atoms with E-state index in [1.807, 2.05) is 6.07 Å². The maximum atomic E-state index is 12.0. The number of likely N-dealkylation sites (N-methyl/N-ethyl adjacent to an activating group) is 2. The van der Waals surface area contributed by atoms with E-state index in [9.17, 15) is 13.0 Å². The molecule has 7 nitrogen and oxygen atoms in total. The van der Waals surface area contributed by atoms with Crippen molar-refractivity contribution in [1.82, 2.24) is 0 Å². The number of aryl methyl sites for hydroxylation is 1. The van der Waals surface area contributed by atoms with Crippen LogP contribution < -0.4 is 9.80 Å². The molecule has 4 aliphatic rings. The number of allylic oxidation sites excluding steroid dienone is 8. The van der Waals surface area contributed by atoms with E-state index in [0.29, 0.717) is 0 Å². The van der Waals surface area contributed by atoms with E-state index < -0.39 is 15.5 Å². The second-order valence-electron chi connectivity index (χ2n) is 13.8. The van der Waals surface area contributed by atoms with Crippen molar-refractivity contribution in [3.63, 3.8) is 0 Å². The van der Waals surface area contributed by atoms with Crippen LogP contribution in [0.15, 0.2) is 88.1 Å². The summed E-state index contributed by atoms with van der Waals surface area (Å²) in [4.78, 5) is 4.65. The number of morpholine rings is 1. The predicted octanol–water partition coefficient (Wildman–Crippen LogP) is 7.08. The second kappa shape index (κ2) is 12.0. The fourth-order valence-corrected chi connectivity index (χ4v) is 8.38. The van der Waals surface area contributed by atoms with Crippen LogP contribution in [0.3, 0.4) is 0 Å². The Labute approximate surface area is 275 Å². The maximum absolute atomic E-state index is 12.0. The molecule has 1 aliphatic carbocycles. The fraction of sp³-hybridized carbons (Fsp3) is 0.447. The summed E-state index contributed by atoms with van der Waals surface area (Å²) >= 11 is 0. The molecule has 0 spiro atoms. The molecule has 3 aliphatic heterocycles. The van der Waals surface area contributed by atoms with Crippen LogP contribution in [0.1, 0.15) is 71.1 Å². The van der Waals surface area contributed by atoms with E-state index in [0.717, 1.165) is 69.2 Å². The summed E-state index contributed by atoms with van der Waals surface area (Å²) in [6.45, 7) is 20.3. The Morgan fingerprint density at radius 2 is 1.30 bits per heavy atom. The summed E-state index contributed by atoms with van der Waals surface area (Å²) in [5.74, 6) is 0. The number of hydrogen-bond acceptors (Lipinski definition) is 5. The topological polar surface area (TPSA) is 73.1 Å². The van der Waals surface area contributed by atoms with Crippen LogP contribution in [0.4, 0.5) is 11.4 Å². The van der Waals surface area contributed by atoms with Crippen molar-refractivity contribution in [3.05, 3.63) is 99.9 Å². The zero-order valence-electron chi connectivity index (χ0n) is 28.4. The van der Waals surface area contributed by atoms with Crippen molar-refractivity contribution in [2.75, 3.05) is 49.2 Å². The molecule has 2 aromatic rings. The number of benzene rings is 2. The van der Waals surface area contributed by atoms with Gasteiger partial charge in [-0.15, -0.1) is 0 Å². The lowest BCUT2D eigenvalue weighted by Gasteiger charge is -2.26. The van der Waals surface area contributed by atoms with Gasteiger partial charge in [-0.3, -0.25) is 4.55 Å². The molecule has 8 heteroatoms. The molecule has 0 radical (unpaired) electrons. The average Bonchev–Trinajstić information content (AvgIpc) is 3.59. The van der Waals surface area contributed by atoms with Gasteiger partial charge in [0.15, 0.2) is 13.1 Å². The van der Waals surface area contributed by atoms with Crippen LogP contribution >= 0.6 is 0 Å². The van der Waals surface area contributed by atoms with Crippen molar-refractivity contribution in [3.8, 4) is 0 Å². The second-order valence-corrected chi connectivity index (χ2v) is 15.3. The van der Waals surface area contributed by atoms with Crippen molar-refractivity contribution < 1.29 is 22.3 Å². The minimum atomic E-state index is -4.29. The Kier molecular flexibility index (Phi) is 8.45. The predicted molar refractivity (Wildman–Crippen MR) is 187 cm³/mol. The molecule has 0 aromatic heterocycles. The third-order valence-electron chi connectivity index (χ3n) is 10.3. The Bertz CT molecular complexity index is 1830. The molecule has 244 valence electrons. The van der Waals surface area contributed by atoms with Crippen LogP contribution in [0, 0.1) is 6.92 Å². The maximum Gasteiger partial charge on any atom is 0.294 e. The van der Waals surface area contributed by atoms with Crippen molar-refractivity contribution >= 4 is 27.2 Å². The third-order valence-corrected chi connectivity index (χ3v) is 11.2. The molecular formula is C38H48N3O4S+. The molecule has 1 saturated carbocycles. The van der Waals surface area contributed by atoms with Gasteiger partial charge in [0.2, 0.25) is 5.71 Å². The Hall–Kier alpha value is -3.46. The molecule has 2 aromatic carbocycles. The lowest BCUT2D eigenvalue weighted by Crippen LogP contribution is -2.33. The molecule has 1 N–H and O–H groups in total. The lowest BCUT2D eigenvalue weighted by molar-refractivity contribution is -0.548. The first-order chi connectivity index (χ1) is 21.8. The van der Waals surface area contributed by atoms with E-state index in [2.05, 4.69) is 105 Å². The van der Waals surface area contributed by atoms with Crippen LogP contribution in [-0.4, -0.2) is 62.7 Å². The Morgan fingerprint density at radius 1 is 0.804 bits per heavy atom. The number of nitrogens with zero attached hydrogens (tertiary/aromatic N) is 3. The zero-order valence-corrected chi connectivity index (χ0v) is 29.2. The van der Waals surface area contributed by atoms with Crippen molar-refractivity contribution in [2.45, 2.75) is 77.0 Å². The molecule has 3 heterocycles. The van der Waals surface area contributed by atoms with Gasteiger partial charge in [0, 0.05) is 57.8 Å². The SMILES string of the molecule is CCN1C(=CC=C2CC/C(=C\C=C3\N(CC)c4ccc(S(=O)(=O)O)cc4C3(C)C)C2=[N+]2CCOCC2)C(C)(C)c2cc(C)ccc21. The molecular weight excluding hydrogens is 595 g/mol. The fourth-order valence-electron chi connectivity index (χ4n) is 7.87. The van der Waals surface area contributed by atoms with Gasteiger partial charge in [-0.1, -0.05) is 57.5 Å². The number of fused-ring (bicyclic) bond motifs is 2. The van der Waals surface area contributed by atoms with Gasteiger partial charge in [0.25, 0.3) is 10.1 Å². The van der Waals surface area contributed by atoms with E-state index in [1.165, 1.54) is 45.4 Å². The highest BCUT2D eigenvalue weighted by molar-refractivity contribution is 7.85. The van der Waals surface area contributed by atoms with E-state index in [-0.39, 0.29) is 10.3 Å². The minimum absolute atomic E-state index is 0.0667. The van der Waals surface area contributed by atoms with E-state index >= 15 is 0 Å². The molecule has 46 heavy (non-hydrogen) atoms. The van der Waals surface area contributed by atoms with Crippen LogP contribution in [0.2, 0.25) is 0 Å². The zero-order chi connectivity index (χ0) is 33.0. The van der Waals surface area contributed by atoms with Gasteiger partial charge in [-0.25, -0.2) is 4.58 Å². The number of rotatable bonds is 5. The molecule has 2 fully saturated rings. The summed E-state index contributed by atoms with van der Waals surface area (Å²) in [5.41, 5.74) is 11.8. The highest BCUT2D eigenvalue weighted by Gasteiger charge is 2.41. The van der Waals surface area contributed by atoms with Crippen molar-refractivity contribution in [1.29, 1.82) is 0 Å². The first-order valence-corrected chi connectivity index (χ1v) is 18.0. The monoisotopic (exact) mass is 642 g/mol. The Balaban J connectivity index is 1.40. The van der Waals surface area contributed by atoms with Gasteiger partial charge < -0.3 is 14.5 Å². The van der Waals surface area contributed by atoms with Gasteiger partial charge in [0.05, 0.1) is 4.90 Å². The van der Waals surface area contributed by atoms with Crippen LogP contribution in [0.25, 0.3) is 0 Å². The highest BCUT2D eigenvalue weighted by atomic mass is 32.2. The summed E-state index contributed by atoms with van der Waals surface area (Å²) in [6, 6.07) is 11.8. The van der Waals surface area contributed by atoms with E-state index in [1.54, 1.807) is 6.07 Å². The average molecular weight is 643 g/mol. The summed E-state index contributed by atoms with van der Waals surface area (Å²) in [6.07, 6.45) is 11.2. The quantitative estimate of drug-likeness (QED) is 0.278. The first-order valence-electron chi connectivity index (χ1n) is 16.6. The lowest BCUT2D eigenvalue weighted by atomic mass is 9.83. The summed E-state index contributed by atoms with van der Waals surface area (Å²) < 4.78 is 41.9. The number of hydrogen-bond donors (Lipinski definition) is 1. The smallest absolute Gasteiger partial charge is 0.294 e. The molecule has 0 amide bonds. The summed E-state index contributed by atoms with van der Waals surface area (Å²) in [5, 5.41) is 0. The normalized spacial score (nSPS) is 24.2. The molecule has 0 bridgehead atoms. The van der Waals surface area contributed by atoms with Gasteiger partial charge in [-0.05, 0) is 81.2 Å². The van der Waals surface area contributed by atoms with Crippen LogP contribution in [-0.2, 0) is 25.7 Å². The van der Waals surface area contributed by atoms with Gasteiger partial charge >= 0.3 is 0 Å². The summed E-state index contributed by atoms with van der Waals surface area (Å²) in [7, 11) is -4.29. The number of anilines is 2. The molecule has 0 atom stereocenters. The first kappa shape index (κ1) is 32.5. The van der Waals surface area contributed by atoms with Gasteiger partial charge in [0.1, 0.15) is 13.2 Å². The van der Waals surface area contributed by atoms with Gasteiger partial charge in [-0.2, -0.15) is 8.42 Å². The molecule has 6 rings (SSSR count). The van der Waals surface area contributed by atoms with Crippen LogP contribution in [0.5, 0.6) is 0 Å². The largest absolute Gasteiger partial charge is 0.368 e. The number of ether oxygens (including phenoxy) is 1. The standard InChI is InChI=1S/C38H47N3O4S/c1-8-40-32-16-10-26(3)24-30(32)37(4,5)34(40)18-13-27-11-12-28(36(27)39-20-22-45-23-21-39)14-19-35-38(6,7)31-25-29(46(42,43)44)15-17-33(31)41(35)9-2/h10,13-19,24-25H,8-9,11-12,20-23H2,1-7H3/p+1.